The summed E-state index contributed by atoms with van der Waals surface area (Å²) in [5.74, 6) is -0.704. The molecule has 6 nitrogen and oxygen atoms in total. The summed E-state index contributed by atoms with van der Waals surface area (Å²) >= 11 is 1.02. The minimum absolute atomic E-state index is 0.0245. The molecule has 0 saturated carbocycles. The predicted molar refractivity (Wildman–Crippen MR) is 139 cm³/mol. The maximum absolute atomic E-state index is 13.2. The minimum Gasteiger partial charge on any atom is -0.349 e. The van der Waals surface area contributed by atoms with Gasteiger partial charge in [-0.15, -0.1) is 0 Å². The van der Waals surface area contributed by atoms with Gasteiger partial charge in [0, 0.05) is 12.1 Å². The van der Waals surface area contributed by atoms with Gasteiger partial charge in [-0.3, -0.25) is 9.59 Å². The van der Waals surface area contributed by atoms with E-state index in [1.807, 2.05) is 85.0 Å². The number of nitrogens with zero attached hydrogens (tertiary/aromatic N) is 3. The summed E-state index contributed by atoms with van der Waals surface area (Å²) in [6.45, 7) is 0. The van der Waals surface area contributed by atoms with Crippen LogP contribution < -0.4 is 10.2 Å². The zero-order valence-corrected chi connectivity index (χ0v) is 19.4. The number of thioether (sulfide) groups is 1. The number of para-hydroxylation sites is 1. The lowest BCUT2D eigenvalue weighted by molar-refractivity contribution is -0.121. The molecule has 3 aromatic carbocycles. The third-order valence-corrected chi connectivity index (χ3v) is 6.46. The molecule has 1 fully saturated rings. The molecule has 35 heavy (non-hydrogen) atoms. The van der Waals surface area contributed by atoms with Gasteiger partial charge in [0.25, 0.3) is 0 Å². The van der Waals surface area contributed by atoms with E-state index in [1.165, 1.54) is 4.90 Å². The molecule has 1 aliphatic rings. The molecule has 1 aliphatic heterocycles. The lowest BCUT2D eigenvalue weighted by Crippen LogP contribution is -2.31. The normalized spacial score (nSPS) is 15.0. The van der Waals surface area contributed by atoms with Gasteiger partial charge in [0.05, 0.1) is 10.9 Å². The van der Waals surface area contributed by atoms with E-state index in [0.29, 0.717) is 11.4 Å². The van der Waals surface area contributed by atoms with E-state index in [0.717, 1.165) is 22.9 Å². The van der Waals surface area contributed by atoms with Crippen LogP contribution in [0.2, 0.25) is 0 Å². The highest BCUT2D eigenvalue weighted by molar-refractivity contribution is 8.04. The summed E-state index contributed by atoms with van der Waals surface area (Å²) < 4.78 is 0. The van der Waals surface area contributed by atoms with Crippen molar-refractivity contribution in [3.63, 3.8) is 0 Å². The second-order valence-corrected chi connectivity index (χ2v) is 8.85. The number of imide groups is 1. The number of nitrogens with one attached hydrogen (secondary N) is 1. The zero-order chi connectivity index (χ0) is 24.6. The van der Waals surface area contributed by atoms with E-state index in [4.69, 9.17) is 0 Å². The van der Waals surface area contributed by atoms with Crippen LogP contribution in [0.3, 0.4) is 0 Å². The molecule has 1 saturated heterocycles. The number of anilines is 2. The molecular formula is C28H20N4O2S. The number of carbonyl (C=O) groups is 2. The Morgan fingerprint density at radius 3 is 2.03 bits per heavy atom. The monoisotopic (exact) mass is 476 g/mol. The van der Waals surface area contributed by atoms with Crippen molar-refractivity contribution < 1.29 is 9.59 Å². The molecular weight excluding hydrogens is 456 g/mol. The van der Waals surface area contributed by atoms with Crippen molar-refractivity contribution in [1.82, 2.24) is 0 Å². The number of amides is 2. The summed E-state index contributed by atoms with van der Waals surface area (Å²) in [5, 5.41) is 21.3. The topological polar surface area (TPSA) is 97.0 Å². The number of allylic oxidation sites excluding steroid dienone is 1. The fraction of sp³-hybridized carbons (Fsp3) is 0.0714. The van der Waals surface area contributed by atoms with E-state index in [9.17, 15) is 20.1 Å². The van der Waals surface area contributed by atoms with Crippen LogP contribution in [-0.4, -0.2) is 17.1 Å². The highest BCUT2D eigenvalue weighted by Gasteiger charge is 2.41. The molecule has 0 bridgehead atoms. The van der Waals surface area contributed by atoms with Gasteiger partial charge in [0.1, 0.15) is 17.2 Å². The van der Waals surface area contributed by atoms with Crippen LogP contribution in [0, 0.1) is 22.7 Å². The molecule has 0 radical (unpaired) electrons. The standard InChI is InChI=1S/C28H20N4O2S/c29-18-22(19-30)27(31-23-9-5-2-6-10-23)35-25-17-26(33)32(28(25)34)24-15-13-21(14-16-24)12-11-20-7-3-1-4-8-20/h1-16,25,31H,17H2/b12-11+/t25-/m0/s1. The van der Waals surface area contributed by atoms with Gasteiger partial charge in [-0.25, -0.2) is 4.90 Å². The second-order valence-electron chi connectivity index (χ2n) is 7.63. The minimum atomic E-state index is -0.747. The number of benzene rings is 3. The van der Waals surface area contributed by atoms with Crippen LogP contribution in [-0.2, 0) is 9.59 Å². The zero-order valence-electron chi connectivity index (χ0n) is 18.6. The largest absolute Gasteiger partial charge is 0.349 e. The number of nitriles is 2. The highest BCUT2D eigenvalue weighted by Crippen LogP contribution is 2.35. The number of hydrogen-bond acceptors (Lipinski definition) is 6. The lowest BCUT2D eigenvalue weighted by atomic mass is 10.1. The van der Waals surface area contributed by atoms with E-state index < -0.39 is 5.25 Å². The Morgan fingerprint density at radius 2 is 1.43 bits per heavy atom. The fourth-order valence-corrected chi connectivity index (χ4v) is 4.63. The summed E-state index contributed by atoms with van der Waals surface area (Å²) in [6, 6.07) is 29.8. The first-order valence-corrected chi connectivity index (χ1v) is 11.7. The molecule has 170 valence electrons. The van der Waals surface area contributed by atoms with Gasteiger partial charge in [-0.2, -0.15) is 10.5 Å². The average Bonchev–Trinajstić information content (AvgIpc) is 3.17. The van der Waals surface area contributed by atoms with Gasteiger partial charge < -0.3 is 5.32 Å². The van der Waals surface area contributed by atoms with Crippen molar-refractivity contribution in [2.24, 2.45) is 0 Å². The van der Waals surface area contributed by atoms with E-state index in [-0.39, 0.29) is 28.8 Å². The number of rotatable bonds is 7. The van der Waals surface area contributed by atoms with Crippen molar-refractivity contribution in [2.75, 3.05) is 10.2 Å². The molecule has 1 atom stereocenters. The van der Waals surface area contributed by atoms with Gasteiger partial charge >= 0.3 is 0 Å². The van der Waals surface area contributed by atoms with Gasteiger partial charge in [0.15, 0.2) is 5.57 Å². The number of carbonyl (C=O) groups excluding carboxylic acids is 2. The summed E-state index contributed by atoms with van der Waals surface area (Å²) in [5.41, 5.74) is 3.02. The number of hydrogen-bond donors (Lipinski definition) is 1. The third kappa shape index (κ3) is 5.67. The SMILES string of the molecule is N#CC(C#N)=C(Nc1ccccc1)S[C@H]1CC(=O)N(c2ccc(/C=C/c3ccccc3)cc2)C1=O. The van der Waals surface area contributed by atoms with Gasteiger partial charge in [0.2, 0.25) is 11.8 Å². The Morgan fingerprint density at radius 1 is 0.857 bits per heavy atom. The quantitative estimate of drug-likeness (QED) is 0.271. The molecule has 1 heterocycles. The Balaban J connectivity index is 1.50. The molecule has 7 heteroatoms. The molecule has 0 unspecified atom stereocenters. The van der Waals surface area contributed by atoms with Crippen LogP contribution >= 0.6 is 11.8 Å². The van der Waals surface area contributed by atoms with Crippen molar-refractivity contribution in [2.45, 2.75) is 11.7 Å². The first-order valence-electron chi connectivity index (χ1n) is 10.8. The van der Waals surface area contributed by atoms with Crippen LogP contribution in [0.5, 0.6) is 0 Å². The van der Waals surface area contributed by atoms with E-state index in [2.05, 4.69) is 5.32 Å². The smallest absolute Gasteiger partial charge is 0.247 e. The van der Waals surface area contributed by atoms with Gasteiger partial charge in [-0.1, -0.05) is 84.6 Å². The van der Waals surface area contributed by atoms with Crippen LogP contribution in [0.25, 0.3) is 12.2 Å². The average molecular weight is 477 g/mol. The van der Waals surface area contributed by atoms with Crippen molar-refractivity contribution in [3.8, 4) is 12.1 Å². The molecule has 0 aromatic heterocycles. The molecule has 0 spiro atoms. The van der Waals surface area contributed by atoms with Crippen LogP contribution in [0.1, 0.15) is 17.5 Å². The lowest BCUT2D eigenvalue weighted by Gasteiger charge is -2.16. The van der Waals surface area contributed by atoms with E-state index >= 15 is 0 Å². The maximum atomic E-state index is 13.2. The Bertz CT molecular complexity index is 1350. The first-order chi connectivity index (χ1) is 17.1. The molecule has 0 aliphatic carbocycles. The predicted octanol–water partition coefficient (Wildman–Crippen LogP) is 5.59. The molecule has 3 aromatic rings. The Kier molecular flexibility index (Phi) is 7.42. The molecule has 2 amide bonds. The summed E-state index contributed by atoms with van der Waals surface area (Å²) in [4.78, 5) is 27.1. The van der Waals surface area contributed by atoms with E-state index in [1.54, 1.807) is 24.3 Å². The van der Waals surface area contributed by atoms with Crippen molar-refractivity contribution >= 4 is 47.1 Å². The fourth-order valence-electron chi connectivity index (χ4n) is 3.53. The maximum Gasteiger partial charge on any atom is 0.247 e. The second kappa shape index (κ2) is 11.0. The summed E-state index contributed by atoms with van der Waals surface area (Å²) in [7, 11) is 0. The Hall–Kier alpha value is -4.59. The first kappa shape index (κ1) is 23.6. The van der Waals surface area contributed by atoms with Crippen LogP contribution in [0.15, 0.2) is 95.5 Å². The Labute approximate surface area is 207 Å². The van der Waals surface area contributed by atoms with Crippen molar-refractivity contribution in [1.29, 1.82) is 10.5 Å². The summed E-state index contributed by atoms with van der Waals surface area (Å²) in [6.07, 6.45) is 3.93. The molecule has 1 N–H and O–H groups in total. The van der Waals surface area contributed by atoms with Gasteiger partial charge in [-0.05, 0) is 35.4 Å². The highest BCUT2D eigenvalue weighted by atomic mass is 32.2. The molecule has 4 rings (SSSR count). The third-order valence-electron chi connectivity index (χ3n) is 5.27. The van der Waals surface area contributed by atoms with Crippen molar-refractivity contribution in [3.05, 3.63) is 107 Å². The van der Waals surface area contributed by atoms with Crippen LogP contribution in [0.4, 0.5) is 11.4 Å².